The molecule has 0 aromatic heterocycles. The number of ether oxygens (including phenoxy) is 1. The average Bonchev–Trinajstić information content (AvgIpc) is 2.27. The first-order valence-electron chi connectivity index (χ1n) is 4.95. The molecule has 0 spiro atoms. The van der Waals surface area contributed by atoms with Gasteiger partial charge in [-0.3, -0.25) is 4.79 Å². The highest BCUT2D eigenvalue weighted by Gasteiger charge is 2.20. The first-order chi connectivity index (χ1) is 7.47. The highest BCUT2D eigenvalue weighted by Crippen LogP contribution is 2.32. The zero-order valence-corrected chi connectivity index (χ0v) is 12.6. The van der Waals surface area contributed by atoms with E-state index in [-0.39, 0.29) is 16.5 Å². The molecule has 16 heavy (non-hydrogen) atoms. The molecule has 2 unspecified atom stereocenters. The molecular weight excluding hydrogens is 336 g/mol. The van der Waals surface area contributed by atoms with Gasteiger partial charge in [-0.15, -0.1) is 0 Å². The van der Waals surface area contributed by atoms with E-state index < -0.39 is 0 Å². The number of alkyl halides is 1. The minimum Gasteiger partial charge on any atom is -0.496 e. The number of rotatable bonds is 4. The molecule has 2 atom stereocenters. The second-order valence-electron chi connectivity index (χ2n) is 3.70. The van der Waals surface area contributed by atoms with Crippen LogP contribution in [0.5, 0.6) is 5.75 Å². The number of ketones is 1. The van der Waals surface area contributed by atoms with E-state index in [9.17, 15) is 4.79 Å². The Morgan fingerprint density at radius 2 is 2.06 bits per heavy atom. The summed E-state index contributed by atoms with van der Waals surface area (Å²) in [5.74, 6) is 1.04. The fraction of sp³-hybridized carbons (Fsp3) is 0.417. The molecule has 1 aromatic rings. The zero-order chi connectivity index (χ0) is 12.3. The van der Waals surface area contributed by atoms with Gasteiger partial charge in [0, 0.05) is 5.92 Å². The number of Topliss-reactive ketones (excluding diaryl/α,β-unsaturated/α-hetero) is 1. The van der Waals surface area contributed by atoms with E-state index in [1.807, 2.05) is 25.1 Å². The molecule has 0 aliphatic rings. The summed E-state index contributed by atoms with van der Waals surface area (Å²) < 4.78 is 6.15. The molecule has 0 radical (unpaired) electrons. The van der Waals surface area contributed by atoms with Crippen LogP contribution in [0.4, 0.5) is 0 Å². The van der Waals surface area contributed by atoms with E-state index in [2.05, 4.69) is 31.9 Å². The summed E-state index contributed by atoms with van der Waals surface area (Å²) in [7, 11) is 1.63. The van der Waals surface area contributed by atoms with Gasteiger partial charge in [0.1, 0.15) is 11.5 Å². The van der Waals surface area contributed by atoms with Gasteiger partial charge in [0.15, 0.2) is 0 Å². The Balaban J connectivity index is 3.00. The number of benzene rings is 1. The van der Waals surface area contributed by atoms with Crippen molar-refractivity contribution >= 4 is 37.6 Å². The van der Waals surface area contributed by atoms with Crippen molar-refractivity contribution in [3.05, 3.63) is 28.2 Å². The third kappa shape index (κ3) is 3.08. The molecule has 1 aromatic carbocycles. The Kier molecular flexibility index (Phi) is 4.99. The van der Waals surface area contributed by atoms with Crippen LogP contribution >= 0.6 is 31.9 Å². The zero-order valence-electron chi connectivity index (χ0n) is 9.46. The van der Waals surface area contributed by atoms with E-state index in [0.717, 1.165) is 15.8 Å². The number of carbonyl (C=O) groups is 1. The van der Waals surface area contributed by atoms with Crippen LogP contribution < -0.4 is 4.74 Å². The van der Waals surface area contributed by atoms with E-state index in [0.29, 0.717) is 0 Å². The van der Waals surface area contributed by atoms with E-state index in [1.54, 1.807) is 14.0 Å². The molecule has 2 nitrogen and oxygen atoms in total. The van der Waals surface area contributed by atoms with Crippen LogP contribution in [0.25, 0.3) is 0 Å². The number of halogens is 2. The van der Waals surface area contributed by atoms with Crippen molar-refractivity contribution in [3.63, 3.8) is 0 Å². The lowest BCUT2D eigenvalue weighted by Gasteiger charge is -2.17. The first-order valence-corrected chi connectivity index (χ1v) is 6.66. The van der Waals surface area contributed by atoms with Gasteiger partial charge in [0.05, 0.1) is 16.4 Å². The largest absolute Gasteiger partial charge is 0.496 e. The second kappa shape index (κ2) is 5.82. The quantitative estimate of drug-likeness (QED) is 0.770. The van der Waals surface area contributed by atoms with Gasteiger partial charge in [-0.25, -0.2) is 0 Å². The molecule has 0 saturated heterocycles. The highest BCUT2D eigenvalue weighted by molar-refractivity contribution is 9.10. The van der Waals surface area contributed by atoms with Crippen LogP contribution in [0, 0.1) is 0 Å². The lowest BCUT2D eigenvalue weighted by atomic mass is 9.96. The van der Waals surface area contributed by atoms with Gasteiger partial charge >= 0.3 is 0 Å². The van der Waals surface area contributed by atoms with Crippen molar-refractivity contribution in [2.75, 3.05) is 7.11 Å². The van der Waals surface area contributed by atoms with Crippen molar-refractivity contribution < 1.29 is 9.53 Å². The van der Waals surface area contributed by atoms with E-state index in [1.165, 1.54) is 0 Å². The number of hydrogen-bond donors (Lipinski definition) is 0. The number of methoxy groups -OCH3 is 1. The Morgan fingerprint density at radius 3 is 2.56 bits per heavy atom. The third-order valence-corrected chi connectivity index (χ3v) is 4.62. The number of carbonyl (C=O) groups excluding carboxylic acids is 1. The number of hydrogen-bond acceptors (Lipinski definition) is 2. The van der Waals surface area contributed by atoms with Crippen LogP contribution in [0.3, 0.4) is 0 Å². The van der Waals surface area contributed by atoms with Crippen LogP contribution in [-0.2, 0) is 4.79 Å². The smallest absolute Gasteiger partial charge is 0.144 e. The highest BCUT2D eigenvalue weighted by atomic mass is 79.9. The molecule has 0 aliphatic carbocycles. The van der Waals surface area contributed by atoms with Crippen molar-refractivity contribution in [1.82, 2.24) is 0 Å². The summed E-state index contributed by atoms with van der Waals surface area (Å²) in [4.78, 5) is 11.1. The second-order valence-corrected chi connectivity index (χ2v) is 5.54. The van der Waals surface area contributed by atoms with Crippen LogP contribution in [0.15, 0.2) is 22.7 Å². The Labute approximate surface area is 113 Å². The predicted octanol–water partition coefficient (Wildman–Crippen LogP) is 3.91. The minimum atomic E-state index is -0.154. The van der Waals surface area contributed by atoms with Crippen LogP contribution in [0.2, 0.25) is 0 Å². The maximum absolute atomic E-state index is 11.3. The average molecular weight is 350 g/mol. The standard InChI is InChI=1S/C12H14Br2O2/c1-7(12(14)8(2)15)9-4-5-10(13)11(6-9)16-3/h4-7,12H,1-3H3. The first kappa shape index (κ1) is 13.7. The predicted molar refractivity (Wildman–Crippen MR) is 72.5 cm³/mol. The molecule has 0 heterocycles. The SMILES string of the molecule is COc1cc(C(C)C(Br)C(C)=O)ccc1Br. The molecule has 88 valence electrons. The lowest BCUT2D eigenvalue weighted by Crippen LogP contribution is -2.17. The fourth-order valence-electron chi connectivity index (χ4n) is 1.48. The van der Waals surface area contributed by atoms with Gasteiger partial charge in [-0.05, 0) is 40.5 Å². The van der Waals surface area contributed by atoms with Crippen molar-refractivity contribution in [1.29, 1.82) is 0 Å². The Hall–Kier alpha value is -0.350. The maximum Gasteiger partial charge on any atom is 0.144 e. The molecule has 0 bridgehead atoms. The molecule has 0 fully saturated rings. The normalized spacial score (nSPS) is 14.3. The summed E-state index contributed by atoms with van der Waals surface area (Å²) in [5.41, 5.74) is 1.08. The van der Waals surface area contributed by atoms with Gasteiger partial charge in [-0.1, -0.05) is 28.9 Å². The van der Waals surface area contributed by atoms with Crippen LogP contribution in [0.1, 0.15) is 25.3 Å². The van der Waals surface area contributed by atoms with E-state index >= 15 is 0 Å². The summed E-state index contributed by atoms with van der Waals surface area (Å²) in [6.45, 7) is 3.61. The Bertz CT molecular complexity index is 391. The summed E-state index contributed by atoms with van der Waals surface area (Å²) >= 11 is 6.81. The monoisotopic (exact) mass is 348 g/mol. The molecule has 0 aliphatic heterocycles. The van der Waals surface area contributed by atoms with Crippen LogP contribution in [-0.4, -0.2) is 17.7 Å². The topological polar surface area (TPSA) is 26.3 Å². The van der Waals surface area contributed by atoms with Gasteiger partial charge in [0.2, 0.25) is 0 Å². The molecule has 1 rings (SSSR count). The maximum atomic E-state index is 11.3. The Morgan fingerprint density at radius 1 is 1.44 bits per heavy atom. The summed E-state index contributed by atoms with van der Waals surface area (Å²) in [5, 5.41) is 0. The van der Waals surface area contributed by atoms with Gasteiger partial charge < -0.3 is 4.74 Å². The van der Waals surface area contributed by atoms with Gasteiger partial charge in [-0.2, -0.15) is 0 Å². The van der Waals surface area contributed by atoms with E-state index in [4.69, 9.17) is 4.74 Å². The van der Waals surface area contributed by atoms with Crippen molar-refractivity contribution in [2.24, 2.45) is 0 Å². The molecule has 0 N–H and O–H groups in total. The van der Waals surface area contributed by atoms with Gasteiger partial charge in [0.25, 0.3) is 0 Å². The lowest BCUT2D eigenvalue weighted by molar-refractivity contribution is -0.116. The molecule has 0 amide bonds. The minimum absolute atomic E-state index is 0.125. The molecular formula is C12H14Br2O2. The third-order valence-electron chi connectivity index (χ3n) is 2.53. The van der Waals surface area contributed by atoms with Crippen molar-refractivity contribution in [3.8, 4) is 5.75 Å². The van der Waals surface area contributed by atoms with Crippen molar-refractivity contribution in [2.45, 2.75) is 24.6 Å². The fourth-order valence-corrected chi connectivity index (χ4v) is 2.19. The summed E-state index contributed by atoms with van der Waals surface area (Å²) in [6.07, 6.45) is 0. The molecule has 0 saturated carbocycles. The summed E-state index contributed by atoms with van der Waals surface area (Å²) in [6, 6.07) is 5.88. The molecule has 4 heteroatoms.